The molecule has 0 aliphatic rings. The Labute approximate surface area is 627 Å². The first-order valence-electron chi connectivity index (χ1n) is 35.5. The lowest BCUT2D eigenvalue weighted by molar-refractivity contribution is 0.362. The number of nitrogens with zero attached hydrogens (tertiary/aromatic N) is 14. The van der Waals surface area contributed by atoms with Gasteiger partial charge < -0.3 is 26.8 Å². The van der Waals surface area contributed by atoms with Gasteiger partial charge in [0, 0.05) is 66.6 Å². The normalized spacial score (nSPS) is 8.90. The summed E-state index contributed by atoms with van der Waals surface area (Å²) in [5.74, 6) is 11.3. The van der Waals surface area contributed by atoms with E-state index in [0.717, 1.165) is 56.3 Å². The molecule has 0 saturated carbocycles. The molecule has 0 saturated heterocycles. The predicted molar refractivity (Wildman–Crippen MR) is 432 cm³/mol. The molecule has 0 bridgehead atoms. The maximum Gasteiger partial charge on any atom is 0.229 e. The topological polar surface area (TPSA) is 259 Å². The molecule has 10 aromatic rings. The molecule has 10 aromatic heterocycles. The Morgan fingerprint density at radius 3 is 1.05 bits per heavy atom. The smallest absolute Gasteiger partial charge is 0.229 e. The molecular weight excluding hydrogens is 1330 g/mol. The molecule has 0 aliphatic carbocycles. The van der Waals surface area contributed by atoms with Crippen LogP contribution in [0.2, 0.25) is 0 Å². The molecule has 580 valence electrons. The number of aromatic nitrogens is 14. The Kier molecular flexibility index (Phi) is 102. The first-order valence-corrected chi connectivity index (χ1v) is 38.8. The highest BCUT2D eigenvalue weighted by Gasteiger charge is 2.07. The average molecular weight is 1480 g/mol. The SMILES string of the molecule is CC.CC.CC.CC.CC.CC(C)C.CC(C)C.CC(C)C.CC(C)C.CC(C)C.Cc1nc(C(C)C)no1.Cc1nnc(C(C)C)o1.Cc1nnc(C(C)C)s1.Cc1noc(C(C)C)n1.Cc1nsc(C(C)C)n1.c1ccoc1.c1cnoc1.c1cnsc1.c1cocn1.c1cscn1. The van der Waals surface area contributed by atoms with Gasteiger partial charge in [0.2, 0.25) is 23.6 Å². The lowest BCUT2D eigenvalue weighted by Crippen LogP contribution is -1.88. The number of aryl methyl sites for hydroxylation is 5. The number of hydrogen-bond donors (Lipinski definition) is 0. The minimum atomic E-state index is 0.339. The highest BCUT2D eigenvalue weighted by atomic mass is 32.1. The first kappa shape index (κ1) is 115. The van der Waals surface area contributed by atoms with E-state index in [9.17, 15) is 0 Å². The summed E-state index contributed by atoms with van der Waals surface area (Å²) in [5.41, 5.74) is 1.79. The Hall–Kier alpha value is -6.50. The minimum Gasteiger partial charge on any atom is -0.473 e. The van der Waals surface area contributed by atoms with Crippen molar-refractivity contribution in [1.29, 1.82) is 0 Å². The van der Waals surface area contributed by atoms with Gasteiger partial charge in [-0.2, -0.15) is 14.3 Å². The second kappa shape index (κ2) is 88.6. The number of oxazole rings is 1. The lowest BCUT2D eigenvalue weighted by atomic mass is 10.2. The van der Waals surface area contributed by atoms with Crippen molar-refractivity contribution in [1.82, 2.24) is 69.5 Å². The minimum absolute atomic E-state index is 0.339. The molecule has 10 rings (SSSR count). The van der Waals surface area contributed by atoms with Crippen LogP contribution in [0.15, 0.2) is 124 Å². The van der Waals surface area contributed by atoms with Crippen molar-refractivity contribution in [3.63, 3.8) is 0 Å². The lowest BCUT2D eigenvalue weighted by Gasteiger charge is -1.92. The van der Waals surface area contributed by atoms with E-state index in [1.807, 2.05) is 161 Å². The molecule has 0 N–H and O–H groups in total. The van der Waals surface area contributed by atoms with Crippen molar-refractivity contribution >= 4 is 45.7 Å². The van der Waals surface area contributed by atoms with Gasteiger partial charge in [0.1, 0.15) is 33.4 Å². The third-order valence-electron chi connectivity index (χ3n) is 7.02. The molecule has 100 heavy (non-hydrogen) atoms. The number of furan rings is 1. The summed E-state index contributed by atoms with van der Waals surface area (Å²) >= 11 is 6.23. The van der Waals surface area contributed by atoms with Gasteiger partial charge in [0.25, 0.3) is 0 Å². The highest BCUT2D eigenvalue weighted by Crippen LogP contribution is 2.18. The van der Waals surface area contributed by atoms with Crippen molar-refractivity contribution in [3.05, 3.63) is 153 Å². The maximum atomic E-state index is 5.12. The van der Waals surface area contributed by atoms with Crippen LogP contribution in [-0.2, 0) is 0 Å². The van der Waals surface area contributed by atoms with Crippen LogP contribution in [0.3, 0.4) is 0 Å². The van der Waals surface area contributed by atoms with Crippen LogP contribution in [-0.4, -0.2) is 69.5 Å². The van der Waals surface area contributed by atoms with Crippen LogP contribution in [0.25, 0.3) is 0 Å². The van der Waals surface area contributed by atoms with E-state index >= 15 is 0 Å². The molecule has 0 spiro atoms. The van der Waals surface area contributed by atoms with Gasteiger partial charge in [0.15, 0.2) is 18.0 Å². The Morgan fingerprint density at radius 2 is 0.900 bits per heavy atom. The molecule has 0 aromatic carbocycles. The largest absolute Gasteiger partial charge is 0.473 e. The van der Waals surface area contributed by atoms with Gasteiger partial charge >= 0.3 is 0 Å². The zero-order valence-electron chi connectivity index (χ0n) is 70.4. The van der Waals surface area contributed by atoms with Crippen LogP contribution in [0.4, 0.5) is 0 Å². The summed E-state index contributed by atoms with van der Waals surface area (Å²) in [6, 6.07) is 7.30. The zero-order chi connectivity index (χ0) is 79.8. The summed E-state index contributed by atoms with van der Waals surface area (Å²) in [7, 11) is 0. The van der Waals surface area contributed by atoms with Crippen molar-refractivity contribution < 1.29 is 26.8 Å². The molecule has 0 atom stereocenters. The van der Waals surface area contributed by atoms with E-state index in [1.165, 1.54) is 42.0 Å². The fourth-order valence-electron chi connectivity index (χ4n) is 3.66. The number of rotatable bonds is 5. The van der Waals surface area contributed by atoms with E-state index in [0.29, 0.717) is 59.0 Å². The van der Waals surface area contributed by atoms with Gasteiger partial charge in [-0.05, 0) is 97.7 Å². The summed E-state index contributed by atoms with van der Waals surface area (Å²) in [5, 5.41) is 33.3. The molecule has 0 unspecified atom stereocenters. The number of thiazole rings is 1. The average Bonchev–Trinajstić information content (AvgIpc) is 1.85. The summed E-state index contributed by atoms with van der Waals surface area (Å²) in [6.45, 7) is 82.4. The highest BCUT2D eigenvalue weighted by molar-refractivity contribution is 7.11. The van der Waals surface area contributed by atoms with Crippen molar-refractivity contribution in [2.45, 2.75) is 307 Å². The predicted octanol–water partition coefficient (Wildman–Crippen LogP) is 26.8. The van der Waals surface area contributed by atoms with Gasteiger partial charge in [-0.15, -0.1) is 43.1 Å². The van der Waals surface area contributed by atoms with E-state index in [1.54, 1.807) is 85.4 Å². The van der Waals surface area contributed by atoms with Crippen LogP contribution in [0, 0.1) is 64.2 Å². The van der Waals surface area contributed by atoms with Gasteiger partial charge in [0.05, 0.1) is 30.4 Å². The zero-order valence-corrected chi connectivity index (χ0v) is 73.6. The van der Waals surface area contributed by atoms with Gasteiger partial charge in [-0.1, -0.05) is 258 Å². The molecule has 24 heteroatoms. The molecule has 20 nitrogen and oxygen atoms in total. The Morgan fingerprint density at radius 1 is 0.390 bits per heavy atom. The number of hydrogen-bond acceptors (Lipinski definition) is 24. The second-order valence-corrected chi connectivity index (χ2v) is 27.3. The Balaban J connectivity index is -0.000000109. The molecular formula is C76H146N14O6S4. The van der Waals surface area contributed by atoms with Gasteiger partial charge in [-0.3, -0.25) is 4.98 Å². The van der Waals surface area contributed by atoms with Crippen LogP contribution >= 0.6 is 45.7 Å². The van der Waals surface area contributed by atoms with E-state index < -0.39 is 0 Å². The molecule has 0 radical (unpaired) electrons. The fourth-order valence-corrected chi connectivity index (χ4v) is 5.72. The van der Waals surface area contributed by atoms with Crippen molar-refractivity contribution in [3.8, 4) is 0 Å². The van der Waals surface area contributed by atoms with E-state index in [-0.39, 0.29) is 0 Å². The first-order chi connectivity index (χ1) is 47.2. The second-order valence-electron chi connectivity index (χ2n) is 23.8. The summed E-state index contributed by atoms with van der Waals surface area (Å²) in [4.78, 5) is 19.6. The quantitative estimate of drug-likeness (QED) is 0.155. The van der Waals surface area contributed by atoms with Gasteiger partial charge in [-0.25, -0.2) is 14.3 Å². The summed E-state index contributed by atoms with van der Waals surface area (Å²) < 4.78 is 36.0. The molecule has 0 aliphatic heterocycles. The van der Waals surface area contributed by atoms with Crippen LogP contribution in [0.1, 0.15) is 328 Å². The third kappa shape index (κ3) is 107. The standard InChI is InChI=1S/3C6H10N2O.2C6H10N2S.C4H4O.5C4H10.2C3H3NO.2C3H3NS.5C2H6/c1-4(2)6-8-7-5(3)9-6;1-4(2)6-7-5(3)9-8-6;1-4(2)6-7-5(3)8-9-6;1-4(2)6-8-7-5(3)9-6;1-4(2)6-7-5(3)8-9-6;1-2-4-5-3-1;5*1-4(2)3;1-2-5-3-4-1;1-2-4-5-3-1;1-2-5-3-4-1;1-2-4-5-3-1;5*1-2/h5*4H,1-3H3;1-4H;5*4H,1-3H3;4*1-3H;5*1-2H3. The monoisotopic (exact) mass is 1480 g/mol. The van der Waals surface area contributed by atoms with Crippen molar-refractivity contribution in [2.24, 2.45) is 29.6 Å². The molecule has 0 fully saturated rings. The van der Waals surface area contributed by atoms with Crippen LogP contribution < -0.4 is 0 Å². The van der Waals surface area contributed by atoms with Crippen molar-refractivity contribution in [2.75, 3.05) is 0 Å². The third-order valence-corrected chi connectivity index (χ3v) is 10.3. The van der Waals surface area contributed by atoms with Crippen LogP contribution in [0.5, 0.6) is 0 Å². The molecule has 10 heterocycles. The van der Waals surface area contributed by atoms with E-state index in [2.05, 4.69) is 214 Å². The van der Waals surface area contributed by atoms with E-state index in [4.69, 9.17) is 13.5 Å². The Bertz CT molecular complexity index is 2260. The molecule has 0 amide bonds. The summed E-state index contributed by atoms with van der Waals surface area (Å²) in [6.07, 6.45) is 14.4. The fraction of sp³-hybridized carbons (Fsp3) is 0.658. The maximum absolute atomic E-state index is 5.12.